The molecule has 0 radical (unpaired) electrons. The van der Waals surface area contributed by atoms with Gasteiger partial charge in [0.05, 0.1) is 0 Å². The van der Waals surface area contributed by atoms with Crippen molar-refractivity contribution in [2.45, 2.75) is 31.6 Å². The van der Waals surface area contributed by atoms with Crippen molar-refractivity contribution < 1.29 is 17.2 Å². The van der Waals surface area contributed by atoms with Gasteiger partial charge in [-0.15, -0.1) is 0 Å². The highest BCUT2D eigenvalue weighted by atomic mass is 35.7. The van der Waals surface area contributed by atoms with Crippen LogP contribution < -0.4 is 0 Å². The predicted octanol–water partition coefficient (Wildman–Crippen LogP) is 2.38. The number of alkyl halides is 2. The van der Waals surface area contributed by atoms with Crippen molar-refractivity contribution in [3.63, 3.8) is 0 Å². The Bertz CT molecular complexity index is 272. The summed E-state index contributed by atoms with van der Waals surface area (Å²) in [5.41, 5.74) is 0. The van der Waals surface area contributed by atoms with Gasteiger partial charge in [-0.3, -0.25) is 0 Å². The van der Waals surface area contributed by atoms with Crippen LogP contribution in [0.15, 0.2) is 0 Å². The van der Waals surface area contributed by atoms with E-state index in [-0.39, 0.29) is 12.3 Å². The number of hydrogen-bond donors (Lipinski definition) is 0. The van der Waals surface area contributed by atoms with E-state index >= 15 is 0 Å². The quantitative estimate of drug-likeness (QED) is 0.698. The first kappa shape index (κ1) is 11.2. The second-order valence-corrected chi connectivity index (χ2v) is 6.32. The lowest BCUT2D eigenvalue weighted by molar-refractivity contribution is -0.0115. The molecular formula is C7H11ClF2O2S. The summed E-state index contributed by atoms with van der Waals surface area (Å²) in [7, 11) is 0.665. The van der Waals surface area contributed by atoms with E-state index in [0.717, 1.165) is 19.3 Å². The summed E-state index contributed by atoms with van der Waals surface area (Å²) in [6.45, 7) is 0. The molecule has 0 spiro atoms. The number of hydrogen-bond acceptors (Lipinski definition) is 2. The van der Waals surface area contributed by atoms with Gasteiger partial charge in [0.15, 0.2) is 0 Å². The van der Waals surface area contributed by atoms with Crippen LogP contribution in [0.1, 0.15) is 25.7 Å². The molecule has 0 atom stereocenters. The second-order valence-electron chi connectivity index (χ2n) is 3.54. The van der Waals surface area contributed by atoms with Crippen LogP contribution in [-0.2, 0) is 9.05 Å². The average molecular weight is 233 g/mol. The molecule has 0 heterocycles. The van der Waals surface area contributed by atoms with Crippen molar-refractivity contribution in [3.8, 4) is 0 Å². The van der Waals surface area contributed by atoms with Gasteiger partial charge in [-0.2, -0.15) is 0 Å². The Morgan fingerprint density at radius 3 is 2.23 bits per heavy atom. The largest absolute Gasteiger partial charge is 0.263 e. The minimum atomic E-state index is -4.09. The maximum Gasteiger partial charge on any atom is 0.263 e. The number of rotatable bonds is 4. The molecule has 1 fully saturated rings. The van der Waals surface area contributed by atoms with E-state index in [0.29, 0.717) is 0 Å². The van der Waals surface area contributed by atoms with E-state index in [2.05, 4.69) is 0 Å². The highest BCUT2D eigenvalue weighted by Crippen LogP contribution is 2.36. The summed E-state index contributed by atoms with van der Waals surface area (Å²) < 4.78 is 46.7. The van der Waals surface area contributed by atoms with Crippen molar-refractivity contribution >= 4 is 19.7 Å². The Balaban J connectivity index is 2.44. The lowest BCUT2D eigenvalue weighted by Gasteiger charge is -2.28. The molecule has 0 aromatic rings. The summed E-state index contributed by atoms with van der Waals surface area (Å²) in [4.78, 5) is 0. The van der Waals surface area contributed by atoms with E-state index in [9.17, 15) is 17.2 Å². The second kappa shape index (κ2) is 3.69. The lowest BCUT2D eigenvalue weighted by atomic mass is 9.81. The Labute approximate surface area is 80.7 Å². The van der Waals surface area contributed by atoms with Crippen LogP contribution in [0.25, 0.3) is 0 Å². The molecule has 0 aromatic carbocycles. The van der Waals surface area contributed by atoms with Crippen molar-refractivity contribution in [2.75, 3.05) is 5.75 Å². The molecule has 6 heteroatoms. The standard InChI is InChI=1S/C7H11ClF2O2S/c8-13(11,12)5-7(9,10)4-6-2-1-3-6/h6H,1-5H2. The Hall–Kier alpha value is 0.1000. The van der Waals surface area contributed by atoms with E-state index in [4.69, 9.17) is 10.7 Å². The number of halogens is 3. The van der Waals surface area contributed by atoms with Gasteiger partial charge in [0.2, 0.25) is 9.05 Å². The molecule has 1 aliphatic carbocycles. The van der Waals surface area contributed by atoms with E-state index < -0.39 is 20.7 Å². The van der Waals surface area contributed by atoms with Gasteiger partial charge in [-0.1, -0.05) is 19.3 Å². The van der Waals surface area contributed by atoms with Gasteiger partial charge in [0.1, 0.15) is 5.75 Å². The zero-order chi connectivity index (χ0) is 10.1. The molecule has 0 amide bonds. The molecule has 78 valence electrons. The van der Waals surface area contributed by atoms with Gasteiger partial charge >= 0.3 is 0 Å². The third kappa shape index (κ3) is 4.22. The summed E-state index contributed by atoms with van der Waals surface area (Å²) >= 11 is 0. The highest BCUT2D eigenvalue weighted by molar-refractivity contribution is 8.13. The molecule has 1 rings (SSSR count). The molecular weight excluding hydrogens is 222 g/mol. The molecule has 0 saturated heterocycles. The van der Waals surface area contributed by atoms with Gasteiger partial charge < -0.3 is 0 Å². The predicted molar refractivity (Wildman–Crippen MR) is 46.5 cm³/mol. The molecule has 1 saturated carbocycles. The maximum atomic E-state index is 12.9. The first-order valence-corrected chi connectivity index (χ1v) is 6.56. The maximum absolute atomic E-state index is 12.9. The summed E-state index contributed by atoms with van der Waals surface area (Å²) in [6.07, 6.45) is 2.17. The Morgan fingerprint density at radius 1 is 1.38 bits per heavy atom. The van der Waals surface area contributed by atoms with Crippen molar-refractivity contribution in [2.24, 2.45) is 5.92 Å². The molecule has 0 unspecified atom stereocenters. The van der Waals surface area contributed by atoms with Crippen molar-refractivity contribution in [3.05, 3.63) is 0 Å². The summed E-state index contributed by atoms with van der Waals surface area (Å²) in [5.74, 6) is -4.42. The van der Waals surface area contributed by atoms with E-state index in [1.165, 1.54) is 0 Å². The Kier molecular flexibility index (Phi) is 3.17. The summed E-state index contributed by atoms with van der Waals surface area (Å²) in [6, 6.07) is 0. The van der Waals surface area contributed by atoms with Crippen molar-refractivity contribution in [1.29, 1.82) is 0 Å². The lowest BCUT2D eigenvalue weighted by Crippen LogP contribution is -2.30. The normalized spacial score (nSPS) is 19.9. The molecule has 0 aromatic heterocycles. The fraction of sp³-hybridized carbons (Fsp3) is 1.00. The fourth-order valence-corrected chi connectivity index (χ4v) is 2.53. The van der Waals surface area contributed by atoms with Crippen LogP contribution in [0, 0.1) is 5.92 Å². The third-order valence-electron chi connectivity index (χ3n) is 2.20. The topological polar surface area (TPSA) is 34.1 Å². The fourth-order valence-electron chi connectivity index (χ4n) is 1.43. The molecule has 2 nitrogen and oxygen atoms in total. The smallest absolute Gasteiger partial charge is 0.212 e. The Morgan fingerprint density at radius 2 is 1.92 bits per heavy atom. The van der Waals surface area contributed by atoms with Crippen LogP contribution in [0.3, 0.4) is 0 Å². The minimum Gasteiger partial charge on any atom is -0.212 e. The first-order valence-electron chi connectivity index (χ1n) is 4.09. The molecule has 0 bridgehead atoms. The van der Waals surface area contributed by atoms with Crippen LogP contribution >= 0.6 is 10.7 Å². The molecule has 0 aliphatic heterocycles. The zero-order valence-electron chi connectivity index (χ0n) is 6.97. The van der Waals surface area contributed by atoms with Crippen LogP contribution in [0.5, 0.6) is 0 Å². The van der Waals surface area contributed by atoms with Gasteiger partial charge in [-0.05, 0) is 5.92 Å². The first-order chi connectivity index (χ1) is 5.79. The molecule has 0 N–H and O–H groups in total. The van der Waals surface area contributed by atoms with Gasteiger partial charge in [0.25, 0.3) is 5.92 Å². The molecule has 1 aliphatic rings. The highest BCUT2D eigenvalue weighted by Gasteiger charge is 2.38. The van der Waals surface area contributed by atoms with Gasteiger partial charge in [0, 0.05) is 17.1 Å². The monoisotopic (exact) mass is 232 g/mol. The minimum absolute atomic E-state index is 0.0200. The molecule has 13 heavy (non-hydrogen) atoms. The third-order valence-corrected chi connectivity index (χ3v) is 3.29. The van der Waals surface area contributed by atoms with Gasteiger partial charge in [-0.25, -0.2) is 17.2 Å². The van der Waals surface area contributed by atoms with E-state index in [1.807, 2.05) is 0 Å². The van der Waals surface area contributed by atoms with Crippen LogP contribution in [0.2, 0.25) is 0 Å². The summed E-state index contributed by atoms with van der Waals surface area (Å²) in [5, 5.41) is 0. The zero-order valence-corrected chi connectivity index (χ0v) is 8.54. The van der Waals surface area contributed by atoms with Crippen LogP contribution in [-0.4, -0.2) is 20.1 Å². The van der Waals surface area contributed by atoms with E-state index in [1.54, 1.807) is 0 Å². The average Bonchev–Trinajstić information content (AvgIpc) is 1.73. The SMILES string of the molecule is O=S(=O)(Cl)CC(F)(F)CC1CCC1. The van der Waals surface area contributed by atoms with Crippen LogP contribution in [0.4, 0.5) is 8.78 Å². The van der Waals surface area contributed by atoms with Crippen molar-refractivity contribution in [1.82, 2.24) is 0 Å².